The summed E-state index contributed by atoms with van der Waals surface area (Å²) in [4.78, 5) is 12.4. The molecule has 0 aliphatic carbocycles. The standard InChI is InChI=1S/C13H6BrCl3O/c14-9-4-2-1-3-8(9)13(18)12-10(16)5-7(15)6-11(12)17/h1-6H. The van der Waals surface area contributed by atoms with Crippen LogP contribution in [0.3, 0.4) is 0 Å². The largest absolute Gasteiger partial charge is 0.288 e. The Balaban J connectivity index is 2.57. The van der Waals surface area contributed by atoms with E-state index in [9.17, 15) is 4.79 Å². The normalized spacial score (nSPS) is 10.4. The van der Waals surface area contributed by atoms with Gasteiger partial charge >= 0.3 is 0 Å². The van der Waals surface area contributed by atoms with Crippen LogP contribution in [0, 0.1) is 0 Å². The Labute approximate surface area is 128 Å². The molecule has 0 aromatic heterocycles. The van der Waals surface area contributed by atoms with Crippen LogP contribution in [0.25, 0.3) is 0 Å². The van der Waals surface area contributed by atoms with Crippen LogP contribution in [0.5, 0.6) is 0 Å². The zero-order valence-corrected chi connectivity index (χ0v) is 12.7. The van der Waals surface area contributed by atoms with E-state index in [1.807, 2.05) is 6.07 Å². The van der Waals surface area contributed by atoms with Gasteiger partial charge in [0.25, 0.3) is 0 Å². The molecular weight excluding hydrogens is 358 g/mol. The van der Waals surface area contributed by atoms with Crippen LogP contribution in [-0.4, -0.2) is 5.78 Å². The molecule has 2 aromatic rings. The lowest BCUT2D eigenvalue weighted by molar-refractivity contribution is 0.103. The van der Waals surface area contributed by atoms with Crippen LogP contribution >= 0.6 is 50.7 Å². The number of halogens is 4. The van der Waals surface area contributed by atoms with Crippen molar-refractivity contribution in [3.63, 3.8) is 0 Å². The van der Waals surface area contributed by atoms with Gasteiger partial charge < -0.3 is 0 Å². The molecule has 0 unspecified atom stereocenters. The van der Waals surface area contributed by atoms with E-state index in [2.05, 4.69) is 15.9 Å². The first-order valence-corrected chi connectivity index (χ1v) is 6.87. The van der Waals surface area contributed by atoms with E-state index >= 15 is 0 Å². The Morgan fingerprint density at radius 2 is 1.56 bits per heavy atom. The zero-order valence-electron chi connectivity index (χ0n) is 8.88. The maximum atomic E-state index is 12.4. The first-order valence-electron chi connectivity index (χ1n) is 4.94. The highest BCUT2D eigenvalue weighted by Crippen LogP contribution is 2.32. The maximum absolute atomic E-state index is 12.4. The fourth-order valence-corrected chi connectivity index (χ4v) is 2.99. The lowest BCUT2D eigenvalue weighted by Crippen LogP contribution is -2.04. The van der Waals surface area contributed by atoms with Crippen LogP contribution < -0.4 is 0 Å². The molecule has 0 heterocycles. The lowest BCUT2D eigenvalue weighted by atomic mass is 10.0. The number of hydrogen-bond donors (Lipinski definition) is 0. The van der Waals surface area contributed by atoms with Crippen molar-refractivity contribution >= 4 is 56.5 Å². The summed E-state index contributed by atoms with van der Waals surface area (Å²) in [7, 11) is 0. The molecule has 18 heavy (non-hydrogen) atoms. The molecule has 2 aromatic carbocycles. The maximum Gasteiger partial charge on any atom is 0.197 e. The lowest BCUT2D eigenvalue weighted by Gasteiger charge is -2.08. The molecule has 0 bridgehead atoms. The van der Waals surface area contributed by atoms with Crippen LogP contribution in [0.1, 0.15) is 15.9 Å². The molecular formula is C13H6BrCl3O. The van der Waals surface area contributed by atoms with Gasteiger partial charge in [0.05, 0.1) is 15.6 Å². The number of rotatable bonds is 2. The number of hydrogen-bond acceptors (Lipinski definition) is 1. The van der Waals surface area contributed by atoms with Gasteiger partial charge in [0.1, 0.15) is 0 Å². The summed E-state index contributed by atoms with van der Waals surface area (Å²) in [5.74, 6) is -0.242. The highest BCUT2D eigenvalue weighted by atomic mass is 79.9. The third-order valence-electron chi connectivity index (χ3n) is 2.35. The molecule has 92 valence electrons. The first kappa shape index (κ1) is 13.9. The SMILES string of the molecule is O=C(c1ccccc1Br)c1c(Cl)cc(Cl)cc1Cl. The fraction of sp³-hybridized carbons (Fsp3) is 0. The molecule has 0 atom stereocenters. The molecule has 5 heteroatoms. The van der Waals surface area contributed by atoms with Gasteiger partial charge in [0.15, 0.2) is 5.78 Å². The summed E-state index contributed by atoms with van der Waals surface area (Å²) >= 11 is 21.2. The summed E-state index contributed by atoms with van der Waals surface area (Å²) < 4.78 is 0.692. The summed E-state index contributed by atoms with van der Waals surface area (Å²) in [6, 6.07) is 10.1. The van der Waals surface area contributed by atoms with Crippen LogP contribution in [0.2, 0.25) is 15.1 Å². The Kier molecular flexibility index (Phi) is 4.33. The van der Waals surface area contributed by atoms with Crippen LogP contribution in [0.15, 0.2) is 40.9 Å². The molecule has 0 saturated carbocycles. The van der Waals surface area contributed by atoms with Crippen LogP contribution in [0.4, 0.5) is 0 Å². The Bertz CT molecular complexity index is 602. The molecule has 0 radical (unpaired) electrons. The van der Waals surface area contributed by atoms with Gasteiger partial charge in [-0.3, -0.25) is 4.79 Å². The molecule has 0 saturated heterocycles. The molecule has 1 nitrogen and oxygen atoms in total. The number of carbonyl (C=O) groups is 1. The van der Waals surface area contributed by atoms with Crippen molar-refractivity contribution in [2.24, 2.45) is 0 Å². The van der Waals surface area contributed by atoms with E-state index < -0.39 is 0 Å². The molecule has 0 aliphatic rings. The molecule has 0 spiro atoms. The second-order valence-electron chi connectivity index (χ2n) is 3.55. The smallest absolute Gasteiger partial charge is 0.197 e. The minimum atomic E-state index is -0.242. The third-order valence-corrected chi connectivity index (χ3v) is 3.86. The molecule has 0 N–H and O–H groups in total. The predicted molar refractivity (Wildman–Crippen MR) is 79.0 cm³/mol. The van der Waals surface area contributed by atoms with Crippen molar-refractivity contribution in [2.45, 2.75) is 0 Å². The molecule has 0 aliphatic heterocycles. The summed E-state index contributed by atoms with van der Waals surface area (Å²) in [5.41, 5.74) is 0.762. The van der Waals surface area contributed by atoms with Gasteiger partial charge in [0, 0.05) is 15.1 Å². The van der Waals surface area contributed by atoms with Gasteiger partial charge in [-0.1, -0.05) is 62.9 Å². The van der Waals surface area contributed by atoms with E-state index in [4.69, 9.17) is 34.8 Å². The van der Waals surface area contributed by atoms with Crippen molar-refractivity contribution in [3.8, 4) is 0 Å². The van der Waals surface area contributed by atoms with Gasteiger partial charge in [-0.2, -0.15) is 0 Å². The minimum Gasteiger partial charge on any atom is -0.288 e. The van der Waals surface area contributed by atoms with Crippen molar-refractivity contribution in [1.82, 2.24) is 0 Å². The Morgan fingerprint density at radius 1 is 1.00 bits per heavy atom. The highest BCUT2D eigenvalue weighted by Gasteiger charge is 2.19. The second kappa shape index (κ2) is 5.62. The van der Waals surface area contributed by atoms with E-state index in [-0.39, 0.29) is 21.4 Å². The van der Waals surface area contributed by atoms with E-state index in [1.54, 1.807) is 18.2 Å². The molecule has 0 fully saturated rings. The van der Waals surface area contributed by atoms with Crippen molar-refractivity contribution in [1.29, 1.82) is 0 Å². The number of carbonyl (C=O) groups excluding carboxylic acids is 1. The Morgan fingerprint density at radius 3 is 2.11 bits per heavy atom. The topological polar surface area (TPSA) is 17.1 Å². The Hall–Kier alpha value is -0.540. The number of ketones is 1. The average Bonchev–Trinajstić information content (AvgIpc) is 2.27. The summed E-state index contributed by atoms with van der Waals surface area (Å²) in [6.07, 6.45) is 0. The van der Waals surface area contributed by atoms with Crippen molar-refractivity contribution in [3.05, 3.63) is 67.1 Å². The van der Waals surface area contributed by atoms with Crippen molar-refractivity contribution in [2.75, 3.05) is 0 Å². The zero-order chi connectivity index (χ0) is 13.3. The van der Waals surface area contributed by atoms with Gasteiger partial charge in [0.2, 0.25) is 0 Å². The highest BCUT2D eigenvalue weighted by molar-refractivity contribution is 9.10. The molecule has 0 amide bonds. The number of benzene rings is 2. The fourth-order valence-electron chi connectivity index (χ4n) is 1.54. The molecule has 2 rings (SSSR count). The monoisotopic (exact) mass is 362 g/mol. The second-order valence-corrected chi connectivity index (χ2v) is 5.66. The summed E-state index contributed by atoms with van der Waals surface area (Å²) in [6.45, 7) is 0. The van der Waals surface area contributed by atoms with E-state index in [1.165, 1.54) is 12.1 Å². The minimum absolute atomic E-state index is 0.242. The van der Waals surface area contributed by atoms with Gasteiger partial charge in [-0.15, -0.1) is 0 Å². The van der Waals surface area contributed by atoms with E-state index in [0.29, 0.717) is 15.1 Å². The van der Waals surface area contributed by atoms with Crippen LogP contribution in [-0.2, 0) is 0 Å². The quantitative estimate of drug-likeness (QED) is 0.630. The third kappa shape index (κ3) is 2.72. The van der Waals surface area contributed by atoms with Crippen molar-refractivity contribution < 1.29 is 4.79 Å². The average molecular weight is 364 g/mol. The van der Waals surface area contributed by atoms with E-state index in [0.717, 1.165) is 0 Å². The first-order chi connectivity index (χ1) is 8.50. The van der Waals surface area contributed by atoms with Gasteiger partial charge in [-0.05, 0) is 24.3 Å². The predicted octanol–water partition coefficient (Wildman–Crippen LogP) is 5.64. The summed E-state index contributed by atoms with van der Waals surface area (Å²) in [5, 5.41) is 0.884. The van der Waals surface area contributed by atoms with Gasteiger partial charge in [-0.25, -0.2) is 0 Å².